The van der Waals surface area contributed by atoms with Gasteiger partial charge < -0.3 is 4.74 Å². The van der Waals surface area contributed by atoms with Gasteiger partial charge in [0.15, 0.2) is 0 Å². The zero-order chi connectivity index (χ0) is 9.97. The van der Waals surface area contributed by atoms with Crippen molar-refractivity contribution in [3.63, 3.8) is 0 Å². The Kier molecular flexibility index (Phi) is 3.86. The van der Waals surface area contributed by atoms with Crippen LogP contribution in [0.15, 0.2) is 0 Å². The normalized spacial score (nSPS) is 39.4. The molecule has 0 N–H and O–H groups in total. The van der Waals surface area contributed by atoms with Crippen molar-refractivity contribution in [3.05, 3.63) is 0 Å². The molecule has 3 atom stereocenters. The Hall–Kier alpha value is 0.400. The van der Waals surface area contributed by atoms with Crippen LogP contribution in [0.5, 0.6) is 0 Å². The van der Waals surface area contributed by atoms with Gasteiger partial charge in [-0.05, 0) is 39.2 Å². The van der Waals surface area contributed by atoms with Crippen molar-refractivity contribution in [2.24, 2.45) is 0 Å². The average Bonchev–Trinajstić information content (AvgIpc) is 2.76. The van der Waals surface area contributed by atoms with Gasteiger partial charge in [0.2, 0.25) is 0 Å². The summed E-state index contributed by atoms with van der Waals surface area (Å²) in [5.41, 5.74) is 0. The van der Waals surface area contributed by atoms with Crippen LogP contribution in [-0.2, 0) is 4.74 Å². The summed E-state index contributed by atoms with van der Waals surface area (Å²) in [4.78, 5) is 2.59. The lowest BCUT2D eigenvalue weighted by molar-refractivity contribution is 0.0305. The largest absolute Gasteiger partial charge is 0.374 e. The van der Waals surface area contributed by atoms with E-state index in [-0.39, 0.29) is 0 Å². The van der Waals surface area contributed by atoms with Gasteiger partial charge in [-0.25, -0.2) is 0 Å². The maximum atomic E-state index is 5.86. The van der Waals surface area contributed by atoms with Crippen molar-refractivity contribution in [1.29, 1.82) is 0 Å². The van der Waals surface area contributed by atoms with Gasteiger partial charge in [0, 0.05) is 17.9 Å². The highest BCUT2D eigenvalue weighted by atomic mass is 79.9. The molecule has 14 heavy (non-hydrogen) atoms. The Morgan fingerprint density at radius 1 is 1.36 bits per heavy atom. The maximum Gasteiger partial charge on any atom is 0.0706 e. The summed E-state index contributed by atoms with van der Waals surface area (Å²) in [6.07, 6.45) is 6.21. The minimum Gasteiger partial charge on any atom is -0.374 e. The molecule has 0 aromatic heterocycles. The van der Waals surface area contributed by atoms with Crippen molar-refractivity contribution >= 4 is 15.9 Å². The van der Waals surface area contributed by atoms with E-state index in [2.05, 4.69) is 27.8 Å². The third kappa shape index (κ3) is 2.50. The molecule has 0 saturated carbocycles. The minimum absolute atomic E-state index is 0.491. The number of alkyl halides is 1. The fraction of sp³-hybridized carbons (Fsp3) is 1.00. The van der Waals surface area contributed by atoms with Gasteiger partial charge in [0.25, 0.3) is 0 Å². The van der Waals surface area contributed by atoms with Gasteiger partial charge in [-0.3, -0.25) is 4.90 Å². The third-order valence-corrected chi connectivity index (χ3v) is 4.18. The number of halogens is 1. The molecule has 0 spiro atoms. The molecule has 82 valence electrons. The Bertz CT molecular complexity index is 188. The van der Waals surface area contributed by atoms with E-state index in [1.54, 1.807) is 0 Å². The van der Waals surface area contributed by atoms with Crippen LogP contribution >= 0.6 is 15.9 Å². The molecular weight excluding hydrogens is 242 g/mol. The van der Waals surface area contributed by atoms with Crippen LogP contribution in [0, 0.1) is 0 Å². The van der Waals surface area contributed by atoms with E-state index < -0.39 is 0 Å². The van der Waals surface area contributed by atoms with Crippen LogP contribution in [0.3, 0.4) is 0 Å². The van der Waals surface area contributed by atoms with E-state index >= 15 is 0 Å². The first kappa shape index (κ1) is 10.9. The standard InChI is InChI=1S/C11H20BrNO/c1-9-4-5-11(14-9)8-13-6-2-3-10(13)7-12/h9-11H,2-8H2,1H3. The zero-order valence-electron chi connectivity index (χ0n) is 8.92. The van der Waals surface area contributed by atoms with Gasteiger partial charge in [0.05, 0.1) is 12.2 Å². The average molecular weight is 262 g/mol. The van der Waals surface area contributed by atoms with Crippen LogP contribution < -0.4 is 0 Å². The van der Waals surface area contributed by atoms with Crippen molar-refractivity contribution in [3.8, 4) is 0 Å². The highest BCUT2D eigenvalue weighted by Crippen LogP contribution is 2.24. The van der Waals surface area contributed by atoms with Gasteiger partial charge >= 0.3 is 0 Å². The molecule has 0 radical (unpaired) electrons. The van der Waals surface area contributed by atoms with Gasteiger partial charge in [-0.15, -0.1) is 0 Å². The Balaban J connectivity index is 1.79. The number of ether oxygens (including phenoxy) is 1. The molecule has 2 saturated heterocycles. The third-order valence-electron chi connectivity index (χ3n) is 3.44. The summed E-state index contributed by atoms with van der Waals surface area (Å²) < 4.78 is 5.86. The first-order valence-electron chi connectivity index (χ1n) is 5.75. The topological polar surface area (TPSA) is 12.5 Å². The fourth-order valence-corrected chi connectivity index (χ4v) is 3.32. The summed E-state index contributed by atoms with van der Waals surface area (Å²) >= 11 is 3.60. The monoisotopic (exact) mass is 261 g/mol. The van der Waals surface area contributed by atoms with E-state index in [9.17, 15) is 0 Å². The molecule has 0 aromatic carbocycles. The molecule has 2 aliphatic rings. The molecule has 0 bridgehead atoms. The summed E-state index contributed by atoms with van der Waals surface area (Å²) in [6, 6.07) is 0.759. The molecule has 2 rings (SSSR count). The second kappa shape index (κ2) is 4.95. The number of rotatable bonds is 3. The van der Waals surface area contributed by atoms with Crippen LogP contribution in [0.2, 0.25) is 0 Å². The molecule has 0 aliphatic carbocycles. The highest BCUT2D eigenvalue weighted by molar-refractivity contribution is 9.09. The summed E-state index contributed by atoms with van der Waals surface area (Å²) in [6.45, 7) is 4.61. The molecule has 0 aromatic rings. The van der Waals surface area contributed by atoms with E-state index in [0.29, 0.717) is 12.2 Å². The lowest BCUT2D eigenvalue weighted by atomic mass is 10.2. The SMILES string of the molecule is CC1CCC(CN2CCCC2CBr)O1. The maximum absolute atomic E-state index is 5.86. The summed E-state index contributed by atoms with van der Waals surface area (Å²) in [7, 11) is 0. The van der Waals surface area contributed by atoms with Crippen LogP contribution in [-0.4, -0.2) is 41.6 Å². The van der Waals surface area contributed by atoms with Crippen molar-refractivity contribution in [2.75, 3.05) is 18.4 Å². The smallest absolute Gasteiger partial charge is 0.0706 e. The number of hydrogen-bond donors (Lipinski definition) is 0. The second-order valence-electron chi connectivity index (χ2n) is 4.59. The number of nitrogens with zero attached hydrogens (tertiary/aromatic N) is 1. The lowest BCUT2D eigenvalue weighted by Gasteiger charge is -2.25. The fourth-order valence-electron chi connectivity index (χ4n) is 2.59. The molecule has 3 unspecified atom stereocenters. The second-order valence-corrected chi connectivity index (χ2v) is 5.24. The predicted octanol–water partition coefficient (Wildman–Crippen LogP) is 2.41. The molecule has 0 amide bonds. The Labute approximate surface area is 95.1 Å². The van der Waals surface area contributed by atoms with Crippen molar-refractivity contribution in [1.82, 2.24) is 4.90 Å². The highest BCUT2D eigenvalue weighted by Gasteiger charge is 2.29. The van der Waals surface area contributed by atoms with Crippen LogP contribution in [0.4, 0.5) is 0 Å². The van der Waals surface area contributed by atoms with Crippen molar-refractivity contribution in [2.45, 2.75) is 50.9 Å². The molecular formula is C11H20BrNO. The minimum atomic E-state index is 0.491. The molecule has 2 fully saturated rings. The Morgan fingerprint density at radius 3 is 2.86 bits per heavy atom. The van der Waals surface area contributed by atoms with Gasteiger partial charge in [-0.2, -0.15) is 0 Å². The first-order valence-corrected chi connectivity index (χ1v) is 6.87. The lowest BCUT2D eigenvalue weighted by Crippen LogP contribution is -2.37. The Morgan fingerprint density at radius 2 is 2.21 bits per heavy atom. The van der Waals surface area contributed by atoms with Crippen molar-refractivity contribution < 1.29 is 4.74 Å². The first-order chi connectivity index (χ1) is 6.79. The van der Waals surface area contributed by atoms with Crippen LogP contribution in [0.1, 0.15) is 32.6 Å². The van der Waals surface area contributed by atoms with E-state index in [1.807, 2.05) is 0 Å². The molecule has 2 heterocycles. The van der Waals surface area contributed by atoms with Crippen LogP contribution in [0.25, 0.3) is 0 Å². The number of likely N-dealkylation sites (tertiary alicyclic amines) is 1. The molecule has 2 nitrogen and oxygen atoms in total. The van der Waals surface area contributed by atoms with E-state index in [4.69, 9.17) is 4.74 Å². The quantitative estimate of drug-likeness (QED) is 0.724. The molecule has 3 heteroatoms. The van der Waals surface area contributed by atoms with Gasteiger partial charge in [0.1, 0.15) is 0 Å². The summed E-state index contributed by atoms with van der Waals surface area (Å²) in [5, 5.41) is 1.12. The van der Waals surface area contributed by atoms with E-state index in [1.165, 1.54) is 32.2 Å². The predicted molar refractivity (Wildman–Crippen MR) is 62.0 cm³/mol. The zero-order valence-corrected chi connectivity index (χ0v) is 10.5. The number of hydrogen-bond acceptors (Lipinski definition) is 2. The van der Waals surface area contributed by atoms with Gasteiger partial charge in [-0.1, -0.05) is 15.9 Å². The molecule has 2 aliphatic heterocycles. The summed E-state index contributed by atoms with van der Waals surface area (Å²) in [5.74, 6) is 0. The van der Waals surface area contributed by atoms with E-state index in [0.717, 1.165) is 17.9 Å².